The number of halogens is 1. The minimum absolute atomic E-state index is 0.214. The number of nitrogens with one attached hydrogen (secondary N) is 1. The maximum atomic E-state index is 13.1. The summed E-state index contributed by atoms with van der Waals surface area (Å²) in [4.78, 5) is 14.5. The Morgan fingerprint density at radius 1 is 1.11 bits per heavy atom. The van der Waals surface area contributed by atoms with Crippen molar-refractivity contribution in [3.8, 4) is 0 Å². The van der Waals surface area contributed by atoms with Crippen LogP contribution in [0.3, 0.4) is 0 Å². The average molecular weight is 365 g/mol. The van der Waals surface area contributed by atoms with Crippen LogP contribution < -0.4 is 5.32 Å². The maximum Gasteiger partial charge on any atom is 0.323 e. The fraction of sp³-hybridized carbons (Fsp3) is 0.250. The van der Waals surface area contributed by atoms with Crippen LogP contribution in [-0.2, 0) is 13.1 Å². The first kappa shape index (κ1) is 17.2. The standard InChI is InChI=1S/C20H20FN5O/c21-17-8-6-16(7-9-17)13-26(18-10-11-18)20(27)22-19-14-25(24-23-19)12-15-4-2-1-3-5-15/h1-9,14,18H,10-13H2,(H,22,27). The minimum Gasteiger partial charge on any atom is -0.317 e. The van der Waals surface area contributed by atoms with E-state index in [2.05, 4.69) is 15.6 Å². The van der Waals surface area contributed by atoms with Gasteiger partial charge in [-0.05, 0) is 36.1 Å². The lowest BCUT2D eigenvalue weighted by Crippen LogP contribution is -2.36. The molecule has 1 aliphatic rings. The van der Waals surface area contributed by atoms with Crippen LogP contribution in [0.5, 0.6) is 0 Å². The first-order chi connectivity index (χ1) is 13.2. The van der Waals surface area contributed by atoms with Crippen LogP contribution in [0.1, 0.15) is 24.0 Å². The van der Waals surface area contributed by atoms with Gasteiger partial charge in [-0.25, -0.2) is 13.9 Å². The molecule has 2 amide bonds. The van der Waals surface area contributed by atoms with E-state index in [-0.39, 0.29) is 17.9 Å². The molecule has 0 unspecified atom stereocenters. The summed E-state index contributed by atoms with van der Waals surface area (Å²) < 4.78 is 14.8. The summed E-state index contributed by atoms with van der Waals surface area (Å²) in [5.74, 6) is 0.136. The Hall–Kier alpha value is -3.22. The maximum absolute atomic E-state index is 13.1. The lowest BCUT2D eigenvalue weighted by molar-refractivity contribution is 0.206. The molecule has 1 aromatic heterocycles. The van der Waals surface area contributed by atoms with Crippen LogP contribution in [0.2, 0.25) is 0 Å². The third kappa shape index (κ3) is 4.49. The van der Waals surface area contributed by atoms with E-state index < -0.39 is 0 Å². The molecule has 2 aromatic carbocycles. The number of carbonyl (C=O) groups is 1. The minimum atomic E-state index is -0.281. The Morgan fingerprint density at radius 3 is 2.56 bits per heavy atom. The van der Waals surface area contributed by atoms with Gasteiger partial charge in [-0.3, -0.25) is 5.32 Å². The second kappa shape index (κ2) is 7.57. The number of aromatic nitrogens is 3. The lowest BCUT2D eigenvalue weighted by atomic mass is 10.2. The molecular weight excluding hydrogens is 345 g/mol. The fourth-order valence-electron chi connectivity index (χ4n) is 2.92. The lowest BCUT2D eigenvalue weighted by Gasteiger charge is -2.22. The van der Waals surface area contributed by atoms with E-state index in [0.717, 1.165) is 24.0 Å². The molecule has 4 rings (SSSR count). The number of hydrogen-bond donors (Lipinski definition) is 1. The zero-order valence-corrected chi connectivity index (χ0v) is 14.8. The Bertz CT molecular complexity index is 906. The molecule has 7 heteroatoms. The highest BCUT2D eigenvalue weighted by atomic mass is 19.1. The van der Waals surface area contributed by atoms with Gasteiger partial charge in [0.1, 0.15) is 5.82 Å². The van der Waals surface area contributed by atoms with Crippen molar-refractivity contribution in [3.05, 3.63) is 77.7 Å². The molecule has 0 radical (unpaired) electrons. The summed E-state index contributed by atoms with van der Waals surface area (Å²) >= 11 is 0. The van der Waals surface area contributed by atoms with E-state index in [1.165, 1.54) is 12.1 Å². The molecule has 6 nitrogen and oxygen atoms in total. The molecule has 0 spiro atoms. The third-order valence-electron chi connectivity index (χ3n) is 4.48. The van der Waals surface area contributed by atoms with Crippen molar-refractivity contribution < 1.29 is 9.18 Å². The monoisotopic (exact) mass is 365 g/mol. The molecule has 0 atom stereocenters. The predicted molar refractivity (Wildman–Crippen MR) is 99.5 cm³/mol. The number of anilines is 1. The molecule has 27 heavy (non-hydrogen) atoms. The summed E-state index contributed by atoms with van der Waals surface area (Å²) in [5.41, 5.74) is 2.00. The molecule has 1 saturated carbocycles. The molecule has 3 aromatic rings. The molecule has 1 fully saturated rings. The smallest absolute Gasteiger partial charge is 0.317 e. The molecule has 0 aliphatic heterocycles. The van der Waals surface area contributed by atoms with Crippen LogP contribution >= 0.6 is 0 Å². The summed E-state index contributed by atoms with van der Waals surface area (Å²) in [6.07, 6.45) is 3.68. The molecule has 1 N–H and O–H groups in total. The quantitative estimate of drug-likeness (QED) is 0.725. The van der Waals surface area contributed by atoms with Gasteiger partial charge in [0.25, 0.3) is 0 Å². The predicted octanol–water partition coefficient (Wildman–Crippen LogP) is 3.66. The van der Waals surface area contributed by atoms with Crippen molar-refractivity contribution in [1.29, 1.82) is 0 Å². The zero-order valence-electron chi connectivity index (χ0n) is 14.8. The number of amides is 2. The summed E-state index contributed by atoms with van der Waals surface area (Å²) in [5, 5.41) is 10.9. The van der Waals surface area contributed by atoms with Gasteiger partial charge in [0.15, 0.2) is 5.82 Å². The van der Waals surface area contributed by atoms with Gasteiger partial charge in [0.05, 0.1) is 12.7 Å². The molecular formula is C20H20FN5O. The summed E-state index contributed by atoms with van der Waals surface area (Å²) in [6.45, 7) is 1.03. The Morgan fingerprint density at radius 2 is 1.85 bits per heavy atom. The van der Waals surface area contributed by atoms with Crippen molar-refractivity contribution in [2.75, 3.05) is 5.32 Å². The van der Waals surface area contributed by atoms with Crippen LogP contribution in [0.4, 0.5) is 15.0 Å². The van der Waals surface area contributed by atoms with Crippen LogP contribution in [0.25, 0.3) is 0 Å². The number of rotatable bonds is 6. The van der Waals surface area contributed by atoms with Gasteiger partial charge in [-0.2, -0.15) is 0 Å². The fourth-order valence-corrected chi connectivity index (χ4v) is 2.92. The van der Waals surface area contributed by atoms with Crippen LogP contribution in [-0.4, -0.2) is 32.0 Å². The second-order valence-electron chi connectivity index (χ2n) is 6.70. The van der Waals surface area contributed by atoms with E-state index in [1.54, 1.807) is 27.9 Å². The highest BCUT2D eigenvalue weighted by Gasteiger charge is 2.33. The summed E-state index contributed by atoms with van der Waals surface area (Å²) in [7, 11) is 0. The second-order valence-corrected chi connectivity index (χ2v) is 6.70. The normalized spacial score (nSPS) is 13.4. The first-order valence-corrected chi connectivity index (χ1v) is 8.93. The largest absolute Gasteiger partial charge is 0.323 e. The van der Waals surface area contributed by atoms with E-state index in [0.29, 0.717) is 18.9 Å². The van der Waals surface area contributed by atoms with Crippen molar-refractivity contribution >= 4 is 11.8 Å². The van der Waals surface area contributed by atoms with Gasteiger partial charge >= 0.3 is 6.03 Å². The van der Waals surface area contributed by atoms with E-state index >= 15 is 0 Å². The van der Waals surface area contributed by atoms with Gasteiger partial charge in [-0.1, -0.05) is 47.7 Å². The van der Waals surface area contributed by atoms with Gasteiger partial charge in [0, 0.05) is 12.6 Å². The molecule has 1 heterocycles. The number of benzene rings is 2. The van der Waals surface area contributed by atoms with Crippen molar-refractivity contribution in [2.45, 2.75) is 32.0 Å². The van der Waals surface area contributed by atoms with Crippen molar-refractivity contribution in [2.24, 2.45) is 0 Å². The number of hydrogen-bond acceptors (Lipinski definition) is 3. The topological polar surface area (TPSA) is 63.1 Å². The van der Waals surface area contributed by atoms with Gasteiger partial charge in [0.2, 0.25) is 0 Å². The van der Waals surface area contributed by atoms with Crippen molar-refractivity contribution in [3.63, 3.8) is 0 Å². The molecule has 1 aliphatic carbocycles. The van der Waals surface area contributed by atoms with E-state index in [1.807, 2.05) is 30.3 Å². The average Bonchev–Trinajstić information content (AvgIpc) is 3.43. The van der Waals surface area contributed by atoms with Gasteiger partial charge < -0.3 is 4.90 Å². The van der Waals surface area contributed by atoms with Crippen LogP contribution in [0, 0.1) is 5.82 Å². The number of carbonyl (C=O) groups excluding carboxylic acids is 1. The highest BCUT2D eigenvalue weighted by Crippen LogP contribution is 2.29. The Labute approximate surface area is 156 Å². The molecule has 138 valence electrons. The molecule has 0 bridgehead atoms. The summed E-state index contributed by atoms with van der Waals surface area (Å²) in [6, 6.07) is 16.2. The zero-order chi connectivity index (χ0) is 18.6. The highest BCUT2D eigenvalue weighted by molar-refractivity contribution is 5.88. The van der Waals surface area contributed by atoms with Crippen molar-refractivity contribution in [1.82, 2.24) is 19.9 Å². The van der Waals surface area contributed by atoms with Gasteiger partial charge in [-0.15, -0.1) is 5.10 Å². The number of urea groups is 1. The Balaban J connectivity index is 1.40. The third-order valence-corrected chi connectivity index (χ3v) is 4.48. The van der Waals surface area contributed by atoms with E-state index in [4.69, 9.17) is 0 Å². The number of nitrogens with zero attached hydrogens (tertiary/aromatic N) is 4. The Kier molecular flexibility index (Phi) is 4.82. The van der Waals surface area contributed by atoms with E-state index in [9.17, 15) is 9.18 Å². The molecule has 0 saturated heterocycles. The first-order valence-electron chi connectivity index (χ1n) is 8.93. The van der Waals surface area contributed by atoms with Crippen LogP contribution in [0.15, 0.2) is 60.8 Å². The SMILES string of the molecule is O=C(Nc1cn(Cc2ccccc2)nn1)N(Cc1ccc(F)cc1)C1CC1.